The summed E-state index contributed by atoms with van der Waals surface area (Å²) in [7, 11) is 1.64. The van der Waals surface area contributed by atoms with Crippen LogP contribution in [0, 0.1) is 0 Å². The Hall–Kier alpha value is 0.280. The van der Waals surface area contributed by atoms with Gasteiger partial charge in [0.15, 0.2) is 0 Å². The standard InChI is InChI=1S/C6H10Cl2O/c1-9-5-3-6(8)2-4-7/h2H,3-5H2,1H3. The van der Waals surface area contributed by atoms with Gasteiger partial charge in [0.05, 0.1) is 6.61 Å². The number of ether oxygens (including phenoxy) is 1. The zero-order valence-corrected chi connectivity index (χ0v) is 6.87. The average molecular weight is 169 g/mol. The van der Waals surface area contributed by atoms with Crippen molar-refractivity contribution in [1.82, 2.24) is 0 Å². The number of hydrogen-bond acceptors (Lipinski definition) is 1. The van der Waals surface area contributed by atoms with Crippen molar-refractivity contribution in [2.24, 2.45) is 0 Å². The Morgan fingerprint density at radius 3 is 2.78 bits per heavy atom. The maximum absolute atomic E-state index is 5.66. The fraction of sp³-hybridized carbons (Fsp3) is 0.667. The summed E-state index contributed by atoms with van der Waals surface area (Å²) in [5.41, 5.74) is 0. The van der Waals surface area contributed by atoms with Gasteiger partial charge in [-0.2, -0.15) is 0 Å². The summed E-state index contributed by atoms with van der Waals surface area (Å²) in [6.45, 7) is 0.659. The number of hydrogen-bond donors (Lipinski definition) is 0. The van der Waals surface area contributed by atoms with E-state index in [9.17, 15) is 0 Å². The molecule has 0 atom stereocenters. The number of methoxy groups -OCH3 is 1. The van der Waals surface area contributed by atoms with Crippen LogP contribution in [0.3, 0.4) is 0 Å². The second kappa shape index (κ2) is 6.40. The Balaban J connectivity index is 3.25. The van der Waals surface area contributed by atoms with Gasteiger partial charge in [-0.05, 0) is 0 Å². The van der Waals surface area contributed by atoms with Crippen molar-refractivity contribution in [2.45, 2.75) is 6.42 Å². The molecule has 0 aromatic heterocycles. The first-order chi connectivity index (χ1) is 4.31. The van der Waals surface area contributed by atoms with Crippen LogP contribution in [0.5, 0.6) is 0 Å². The molecule has 0 amide bonds. The topological polar surface area (TPSA) is 9.23 Å². The van der Waals surface area contributed by atoms with Crippen molar-refractivity contribution >= 4 is 23.2 Å². The highest BCUT2D eigenvalue weighted by molar-refractivity contribution is 6.30. The van der Waals surface area contributed by atoms with Gasteiger partial charge >= 0.3 is 0 Å². The first-order valence-electron chi connectivity index (χ1n) is 2.70. The number of allylic oxidation sites excluding steroid dienone is 1. The second-order valence-electron chi connectivity index (χ2n) is 1.55. The Morgan fingerprint density at radius 1 is 1.67 bits per heavy atom. The SMILES string of the molecule is COCCC(Cl)=CCCl. The van der Waals surface area contributed by atoms with Crippen molar-refractivity contribution in [3.8, 4) is 0 Å². The number of halogens is 2. The molecule has 0 saturated heterocycles. The zero-order chi connectivity index (χ0) is 7.11. The number of alkyl halides is 1. The molecule has 1 nitrogen and oxygen atoms in total. The largest absolute Gasteiger partial charge is 0.384 e. The highest BCUT2D eigenvalue weighted by Crippen LogP contribution is 2.06. The molecule has 0 aliphatic heterocycles. The van der Waals surface area contributed by atoms with Crippen molar-refractivity contribution < 1.29 is 4.74 Å². The van der Waals surface area contributed by atoms with Crippen LogP contribution in [-0.2, 0) is 4.74 Å². The zero-order valence-electron chi connectivity index (χ0n) is 5.36. The fourth-order valence-electron chi connectivity index (χ4n) is 0.385. The molecule has 0 fully saturated rings. The molecule has 0 N–H and O–H groups in total. The summed E-state index contributed by atoms with van der Waals surface area (Å²) in [6, 6.07) is 0. The fourth-order valence-corrected chi connectivity index (χ4v) is 0.805. The summed E-state index contributed by atoms with van der Waals surface area (Å²) in [6.07, 6.45) is 2.52. The summed E-state index contributed by atoms with van der Waals surface area (Å²) in [5.74, 6) is 0.475. The van der Waals surface area contributed by atoms with E-state index in [-0.39, 0.29) is 0 Å². The monoisotopic (exact) mass is 168 g/mol. The summed E-state index contributed by atoms with van der Waals surface area (Å²) >= 11 is 11.0. The molecule has 0 aliphatic rings. The van der Waals surface area contributed by atoms with Crippen LogP contribution in [-0.4, -0.2) is 19.6 Å². The van der Waals surface area contributed by atoms with Gasteiger partial charge in [-0.25, -0.2) is 0 Å². The third-order valence-corrected chi connectivity index (χ3v) is 1.34. The van der Waals surface area contributed by atoms with Crippen LogP contribution in [0.4, 0.5) is 0 Å². The average Bonchev–Trinajstić information content (AvgIpc) is 1.85. The van der Waals surface area contributed by atoms with E-state index in [1.165, 1.54) is 0 Å². The molecular weight excluding hydrogens is 159 g/mol. The van der Waals surface area contributed by atoms with Crippen LogP contribution < -0.4 is 0 Å². The minimum Gasteiger partial charge on any atom is -0.384 e. The maximum atomic E-state index is 5.66. The smallest absolute Gasteiger partial charge is 0.0511 e. The molecule has 0 rings (SSSR count). The Morgan fingerprint density at radius 2 is 2.33 bits per heavy atom. The van der Waals surface area contributed by atoms with Gasteiger partial charge < -0.3 is 4.74 Å². The minimum absolute atomic E-state index is 0.475. The quantitative estimate of drug-likeness (QED) is 0.587. The third-order valence-electron chi connectivity index (χ3n) is 0.844. The van der Waals surface area contributed by atoms with Crippen molar-refractivity contribution in [3.05, 3.63) is 11.1 Å². The van der Waals surface area contributed by atoms with E-state index in [4.69, 9.17) is 27.9 Å². The summed E-state index contributed by atoms with van der Waals surface area (Å²) < 4.78 is 4.79. The maximum Gasteiger partial charge on any atom is 0.0511 e. The lowest BCUT2D eigenvalue weighted by Gasteiger charge is -1.94. The van der Waals surface area contributed by atoms with Gasteiger partial charge in [-0.1, -0.05) is 17.7 Å². The lowest BCUT2D eigenvalue weighted by atomic mass is 10.4. The normalized spacial score (nSPS) is 12.1. The van der Waals surface area contributed by atoms with Crippen LogP contribution >= 0.6 is 23.2 Å². The predicted octanol–water partition coefficient (Wildman–Crippen LogP) is 2.38. The highest BCUT2D eigenvalue weighted by atomic mass is 35.5. The van der Waals surface area contributed by atoms with E-state index >= 15 is 0 Å². The third kappa shape index (κ3) is 6.16. The van der Waals surface area contributed by atoms with E-state index in [0.717, 1.165) is 11.5 Å². The molecular formula is C6H10Cl2O. The van der Waals surface area contributed by atoms with E-state index in [1.54, 1.807) is 13.2 Å². The van der Waals surface area contributed by atoms with Crippen LogP contribution in [0.1, 0.15) is 6.42 Å². The van der Waals surface area contributed by atoms with E-state index in [1.807, 2.05) is 0 Å². The van der Waals surface area contributed by atoms with Crippen LogP contribution in [0.15, 0.2) is 11.1 Å². The van der Waals surface area contributed by atoms with Crippen LogP contribution in [0.2, 0.25) is 0 Å². The molecule has 0 spiro atoms. The molecule has 0 aliphatic carbocycles. The molecule has 9 heavy (non-hydrogen) atoms. The van der Waals surface area contributed by atoms with Gasteiger partial charge in [0.1, 0.15) is 0 Å². The predicted molar refractivity (Wildman–Crippen MR) is 41.1 cm³/mol. The van der Waals surface area contributed by atoms with Crippen LogP contribution in [0.25, 0.3) is 0 Å². The van der Waals surface area contributed by atoms with E-state index in [0.29, 0.717) is 12.5 Å². The van der Waals surface area contributed by atoms with Gasteiger partial charge in [0.2, 0.25) is 0 Å². The first-order valence-corrected chi connectivity index (χ1v) is 3.62. The van der Waals surface area contributed by atoms with Gasteiger partial charge in [-0.3, -0.25) is 0 Å². The molecule has 0 saturated carbocycles. The molecule has 3 heteroatoms. The van der Waals surface area contributed by atoms with Gasteiger partial charge in [0, 0.05) is 24.4 Å². The summed E-state index contributed by atoms with van der Waals surface area (Å²) in [5, 5.41) is 0.770. The molecule has 0 bridgehead atoms. The Kier molecular flexibility index (Phi) is 6.60. The van der Waals surface area contributed by atoms with Crippen molar-refractivity contribution in [3.63, 3.8) is 0 Å². The minimum atomic E-state index is 0.475. The second-order valence-corrected chi connectivity index (χ2v) is 2.34. The number of rotatable bonds is 4. The van der Waals surface area contributed by atoms with Crippen molar-refractivity contribution in [1.29, 1.82) is 0 Å². The molecule has 0 heterocycles. The van der Waals surface area contributed by atoms with Gasteiger partial charge in [-0.15, -0.1) is 11.6 Å². The lowest BCUT2D eigenvalue weighted by molar-refractivity contribution is 0.203. The molecule has 0 radical (unpaired) electrons. The van der Waals surface area contributed by atoms with Gasteiger partial charge in [0.25, 0.3) is 0 Å². The van der Waals surface area contributed by atoms with Crippen molar-refractivity contribution in [2.75, 3.05) is 19.6 Å². The summed E-state index contributed by atoms with van der Waals surface area (Å²) in [4.78, 5) is 0. The van der Waals surface area contributed by atoms with E-state index in [2.05, 4.69) is 0 Å². The molecule has 0 aromatic rings. The first kappa shape index (κ1) is 9.28. The Labute approximate surface area is 65.6 Å². The highest BCUT2D eigenvalue weighted by Gasteiger charge is 1.88. The molecule has 0 aromatic carbocycles. The molecule has 54 valence electrons. The van der Waals surface area contributed by atoms with E-state index < -0.39 is 0 Å². The lowest BCUT2D eigenvalue weighted by Crippen LogP contribution is -1.87. The Bertz CT molecular complexity index is 91.1. The molecule has 0 unspecified atom stereocenters.